The van der Waals surface area contributed by atoms with E-state index in [-0.39, 0.29) is 17.5 Å². The molecule has 0 aliphatic carbocycles. The Morgan fingerprint density at radius 2 is 2.17 bits per heavy atom. The lowest BCUT2D eigenvalue weighted by molar-refractivity contribution is -0.137. The van der Waals surface area contributed by atoms with Crippen molar-refractivity contribution in [3.8, 4) is 0 Å². The van der Waals surface area contributed by atoms with Crippen LogP contribution < -0.4 is 5.32 Å². The molecule has 23 heavy (non-hydrogen) atoms. The maximum Gasteiger partial charge on any atom is 0.417 e. The van der Waals surface area contributed by atoms with E-state index in [1.54, 1.807) is 12.5 Å². The molecule has 1 aliphatic rings. The van der Waals surface area contributed by atoms with Gasteiger partial charge >= 0.3 is 6.18 Å². The van der Waals surface area contributed by atoms with Crippen LogP contribution in [-0.2, 0) is 23.9 Å². The van der Waals surface area contributed by atoms with Crippen molar-refractivity contribution in [1.29, 1.82) is 0 Å². The summed E-state index contributed by atoms with van der Waals surface area (Å²) in [6.45, 7) is 0.668. The van der Waals surface area contributed by atoms with Crippen molar-refractivity contribution in [2.75, 3.05) is 5.32 Å². The first-order valence-electron chi connectivity index (χ1n) is 7.01. The SMILES string of the molecule is O=C(Nc1ccc(Cl)c(C(F)(F)F)c1)C1CCn2cncc2C1. The number of aromatic nitrogens is 2. The lowest BCUT2D eigenvalue weighted by Crippen LogP contribution is -2.30. The summed E-state index contributed by atoms with van der Waals surface area (Å²) in [5, 5.41) is 2.16. The summed E-state index contributed by atoms with van der Waals surface area (Å²) in [5.41, 5.74) is 0.0768. The molecule has 0 saturated carbocycles. The molecule has 2 heterocycles. The molecule has 2 aromatic rings. The molecule has 1 aromatic carbocycles. The number of fused-ring (bicyclic) bond motifs is 1. The van der Waals surface area contributed by atoms with Crippen LogP contribution in [0.2, 0.25) is 5.02 Å². The van der Waals surface area contributed by atoms with Crippen LogP contribution in [0.3, 0.4) is 0 Å². The zero-order valence-corrected chi connectivity index (χ0v) is 12.7. The molecule has 1 atom stereocenters. The Kier molecular flexibility index (Phi) is 4.06. The average molecular weight is 344 g/mol. The van der Waals surface area contributed by atoms with Crippen LogP contribution in [-0.4, -0.2) is 15.5 Å². The predicted molar refractivity (Wildman–Crippen MR) is 79.1 cm³/mol. The third-order valence-electron chi connectivity index (χ3n) is 3.88. The minimum Gasteiger partial charge on any atom is -0.335 e. The van der Waals surface area contributed by atoms with Gasteiger partial charge in [0, 0.05) is 36.5 Å². The topological polar surface area (TPSA) is 46.9 Å². The molecule has 4 nitrogen and oxygen atoms in total. The summed E-state index contributed by atoms with van der Waals surface area (Å²) in [6.07, 6.45) is -0.0165. The van der Waals surface area contributed by atoms with Gasteiger partial charge in [-0.05, 0) is 24.6 Å². The number of hydrogen-bond donors (Lipinski definition) is 1. The van der Waals surface area contributed by atoms with Gasteiger partial charge < -0.3 is 9.88 Å². The number of alkyl halides is 3. The average Bonchev–Trinajstić information content (AvgIpc) is 2.95. The highest BCUT2D eigenvalue weighted by molar-refractivity contribution is 6.31. The van der Waals surface area contributed by atoms with Gasteiger partial charge in [0.2, 0.25) is 5.91 Å². The highest BCUT2D eigenvalue weighted by Crippen LogP contribution is 2.36. The van der Waals surface area contributed by atoms with Crippen LogP contribution in [0.25, 0.3) is 0 Å². The number of benzene rings is 1. The summed E-state index contributed by atoms with van der Waals surface area (Å²) < 4.78 is 40.5. The van der Waals surface area contributed by atoms with Gasteiger partial charge in [-0.3, -0.25) is 4.79 Å². The third-order valence-corrected chi connectivity index (χ3v) is 4.21. The van der Waals surface area contributed by atoms with Gasteiger partial charge in [-0.2, -0.15) is 13.2 Å². The largest absolute Gasteiger partial charge is 0.417 e. The fraction of sp³-hybridized carbons (Fsp3) is 0.333. The normalized spacial score (nSPS) is 17.7. The van der Waals surface area contributed by atoms with E-state index in [0.29, 0.717) is 19.4 Å². The van der Waals surface area contributed by atoms with Crippen molar-refractivity contribution in [1.82, 2.24) is 9.55 Å². The smallest absolute Gasteiger partial charge is 0.335 e. The number of hydrogen-bond acceptors (Lipinski definition) is 2. The first kappa shape index (κ1) is 15.9. The number of imidazole rings is 1. The molecule has 1 amide bonds. The summed E-state index contributed by atoms with van der Waals surface area (Å²) >= 11 is 5.57. The second-order valence-electron chi connectivity index (χ2n) is 5.45. The van der Waals surface area contributed by atoms with E-state index in [9.17, 15) is 18.0 Å². The summed E-state index contributed by atoms with van der Waals surface area (Å²) in [7, 11) is 0. The number of nitrogens with zero attached hydrogens (tertiary/aromatic N) is 2. The van der Waals surface area contributed by atoms with Crippen molar-refractivity contribution < 1.29 is 18.0 Å². The van der Waals surface area contributed by atoms with Gasteiger partial charge in [-0.1, -0.05) is 11.6 Å². The fourth-order valence-corrected chi connectivity index (χ4v) is 2.88. The Morgan fingerprint density at radius 3 is 2.91 bits per heavy atom. The monoisotopic (exact) mass is 343 g/mol. The van der Waals surface area contributed by atoms with Crippen LogP contribution >= 0.6 is 11.6 Å². The maximum atomic E-state index is 12.8. The Bertz CT molecular complexity index is 742. The standard InChI is InChI=1S/C15H13ClF3N3O/c16-13-2-1-10(6-12(13)15(17,18)19)21-14(23)9-3-4-22-8-20-7-11(22)5-9/h1-2,6-9H,3-5H2,(H,21,23). The van der Waals surface area contributed by atoms with E-state index >= 15 is 0 Å². The van der Waals surface area contributed by atoms with E-state index in [0.717, 1.165) is 17.8 Å². The molecular weight excluding hydrogens is 331 g/mol. The lowest BCUT2D eigenvalue weighted by atomic mass is 9.95. The molecule has 0 spiro atoms. The van der Waals surface area contributed by atoms with Crippen molar-refractivity contribution >= 4 is 23.2 Å². The highest BCUT2D eigenvalue weighted by Gasteiger charge is 2.33. The Hall–Kier alpha value is -2.02. The van der Waals surface area contributed by atoms with E-state index in [2.05, 4.69) is 10.3 Å². The maximum absolute atomic E-state index is 12.8. The second kappa shape index (κ2) is 5.88. The van der Waals surface area contributed by atoms with Gasteiger partial charge in [-0.15, -0.1) is 0 Å². The highest BCUT2D eigenvalue weighted by atomic mass is 35.5. The van der Waals surface area contributed by atoms with Gasteiger partial charge in [0.25, 0.3) is 0 Å². The number of amides is 1. The number of rotatable bonds is 2. The molecule has 0 radical (unpaired) electrons. The van der Waals surface area contributed by atoms with Crippen molar-refractivity contribution in [3.05, 3.63) is 47.0 Å². The quantitative estimate of drug-likeness (QED) is 0.902. The van der Waals surface area contributed by atoms with Crippen LogP contribution in [0.5, 0.6) is 0 Å². The molecule has 3 rings (SSSR count). The van der Waals surface area contributed by atoms with Crippen LogP contribution in [0.15, 0.2) is 30.7 Å². The van der Waals surface area contributed by atoms with Gasteiger partial charge in [-0.25, -0.2) is 4.98 Å². The first-order valence-corrected chi connectivity index (χ1v) is 7.39. The Labute approximate surface area is 135 Å². The van der Waals surface area contributed by atoms with Gasteiger partial charge in [0.1, 0.15) is 0 Å². The number of halogens is 4. The molecule has 8 heteroatoms. The van der Waals surface area contributed by atoms with Gasteiger partial charge in [0.05, 0.1) is 16.9 Å². The fourth-order valence-electron chi connectivity index (χ4n) is 2.66. The molecule has 0 bridgehead atoms. The molecule has 1 N–H and O–H groups in total. The molecule has 0 fully saturated rings. The number of anilines is 1. The van der Waals surface area contributed by atoms with Gasteiger partial charge in [0.15, 0.2) is 0 Å². The second-order valence-corrected chi connectivity index (χ2v) is 5.86. The number of aryl methyl sites for hydroxylation is 1. The van der Waals surface area contributed by atoms with Crippen LogP contribution in [0.4, 0.5) is 18.9 Å². The zero-order chi connectivity index (χ0) is 16.6. The predicted octanol–water partition coefficient (Wildman–Crippen LogP) is 3.76. The van der Waals surface area contributed by atoms with E-state index in [4.69, 9.17) is 11.6 Å². The van der Waals surface area contributed by atoms with Crippen LogP contribution in [0, 0.1) is 5.92 Å². The summed E-state index contributed by atoms with van der Waals surface area (Å²) in [4.78, 5) is 16.3. The minimum atomic E-state index is -4.56. The van der Waals surface area contributed by atoms with Crippen molar-refractivity contribution in [2.45, 2.75) is 25.6 Å². The molecule has 1 aromatic heterocycles. The number of nitrogens with one attached hydrogen (secondary N) is 1. The number of carbonyl (C=O) groups is 1. The van der Waals surface area contributed by atoms with E-state index in [1.807, 2.05) is 4.57 Å². The summed E-state index contributed by atoms with van der Waals surface area (Å²) in [5.74, 6) is -0.586. The van der Waals surface area contributed by atoms with Crippen LogP contribution in [0.1, 0.15) is 17.7 Å². The van der Waals surface area contributed by atoms with E-state index < -0.39 is 16.8 Å². The Balaban J connectivity index is 1.74. The molecule has 1 unspecified atom stereocenters. The van der Waals surface area contributed by atoms with Crippen molar-refractivity contribution in [2.24, 2.45) is 5.92 Å². The summed E-state index contributed by atoms with van der Waals surface area (Å²) in [6, 6.07) is 3.35. The molecule has 122 valence electrons. The third kappa shape index (κ3) is 3.34. The zero-order valence-electron chi connectivity index (χ0n) is 11.9. The lowest BCUT2D eigenvalue weighted by Gasteiger charge is -2.23. The van der Waals surface area contributed by atoms with Crippen molar-refractivity contribution in [3.63, 3.8) is 0 Å². The first-order chi connectivity index (χ1) is 10.8. The molecule has 0 saturated heterocycles. The Morgan fingerprint density at radius 1 is 1.39 bits per heavy atom. The molecular formula is C15H13ClF3N3O. The number of carbonyl (C=O) groups excluding carboxylic acids is 1. The minimum absolute atomic E-state index is 0.0887. The molecule has 1 aliphatic heterocycles. The van der Waals surface area contributed by atoms with E-state index in [1.165, 1.54) is 6.07 Å².